The molecule has 0 radical (unpaired) electrons. The van der Waals surface area contributed by atoms with Crippen molar-refractivity contribution in [2.45, 2.75) is 49.6 Å². The summed E-state index contributed by atoms with van der Waals surface area (Å²) in [6.07, 6.45) is -7.47. The van der Waals surface area contributed by atoms with E-state index < -0.39 is 36.7 Å². The first-order valence-corrected chi connectivity index (χ1v) is 11.2. The number of aromatic hydroxyl groups is 1. The molecule has 2 aromatic rings. The molecule has 1 fully saturated rings. The molecule has 0 bridgehead atoms. The van der Waals surface area contributed by atoms with Crippen LogP contribution in [0.15, 0.2) is 18.2 Å². The van der Waals surface area contributed by atoms with E-state index in [1.165, 1.54) is 14.2 Å². The normalized spacial score (nSPS) is 29.1. The molecule has 188 valence electrons. The maximum atomic E-state index is 11.6. The van der Waals surface area contributed by atoms with E-state index in [9.17, 15) is 30.3 Å². The number of benzene rings is 2. The zero-order valence-electron chi connectivity index (χ0n) is 19.1. The number of methoxy groups -OCH3 is 2. The average Bonchev–Trinajstić information content (AvgIpc) is 2.84. The van der Waals surface area contributed by atoms with Crippen molar-refractivity contribution in [1.82, 2.24) is 5.32 Å². The van der Waals surface area contributed by atoms with Crippen LogP contribution >= 0.6 is 0 Å². The third-order valence-electron chi connectivity index (χ3n) is 6.87. The molecule has 0 saturated carbocycles. The van der Waals surface area contributed by atoms with Crippen LogP contribution in [0, 0.1) is 0 Å². The highest BCUT2D eigenvalue weighted by molar-refractivity contribution is 5.85. The number of aliphatic hydroxyl groups excluding tert-OH is 3. The number of hydrogen-bond acceptors (Lipinski definition) is 10. The van der Waals surface area contributed by atoms with Crippen molar-refractivity contribution < 1.29 is 49.3 Å². The van der Waals surface area contributed by atoms with E-state index in [1.807, 2.05) is 6.07 Å². The molecule has 0 amide bonds. The summed E-state index contributed by atoms with van der Waals surface area (Å²) < 4.78 is 22.4. The molecule has 0 spiro atoms. The Labute approximate surface area is 200 Å². The van der Waals surface area contributed by atoms with Gasteiger partial charge in [0.2, 0.25) is 6.29 Å². The second-order valence-corrected chi connectivity index (χ2v) is 8.85. The Balaban J connectivity index is 1.68. The van der Waals surface area contributed by atoms with Crippen LogP contribution < -0.4 is 19.5 Å². The van der Waals surface area contributed by atoms with Gasteiger partial charge in [-0.2, -0.15) is 0 Å². The van der Waals surface area contributed by atoms with Crippen LogP contribution in [-0.4, -0.2) is 83.0 Å². The van der Waals surface area contributed by atoms with Crippen molar-refractivity contribution in [3.05, 3.63) is 34.9 Å². The van der Waals surface area contributed by atoms with Gasteiger partial charge in [0.15, 0.2) is 29.1 Å². The fourth-order valence-corrected chi connectivity index (χ4v) is 5.17. The standard InChI is InChI=1S/C24H27NO10/c1-32-14-8-11-10(6-13(14)26)5-12-16-9(3-4-25-12)7-15(33-2)21(17(11)16)34-24-20(29)18(27)19(28)22(35-24)23(30)31/h6-8,12,18-20,22,24-29H,3-5H2,1-2H3,(H,30,31)/t12-,18+,19-,20-,22+,24-/m0/s1. The van der Waals surface area contributed by atoms with Crippen LogP contribution in [0.4, 0.5) is 0 Å². The van der Waals surface area contributed by atoms with Gasteiger partial charge in [0.05, 0.1) is 14.2 Å². The van der Waals surface area contributed by atoms with Gasteiger partial charge in [0, 0.05) is 11.6 Å². The Morgan fingerprint density at radius 3 is 2.46 bits per heavy atom. The van der Waals surface area contributed by atoms with Gasteiger partial charge >= 0.3 is 5.97 Å². The number of nitrogens with one attached hydrogen (secondary N) is 1. The highest BCUT2D eigenvalue weighted by Crippen LogP contribution is 2.53. The van der Waals surface area contributed by atoms with E-state index in [-0.39, 0.29) is 23.3 Å². The topological polar surface area (TPSA) is 167 Å². The lowest BCUT2D eigenvalue weighted by molar-refractivity contribution is -0.271. The van der Waals surface area contributed by atoms with Crippen molar-refractivity contribution in [2.24, 2.45) is 0 Å². The van der Waals surface area contributed by atoms with E-state index in [0.29, 0.717) is 23.3 Å². The Morgan fingerprint density at radius 2 is 1.77 bits per heavy atom. The van der Waals surface area contributed by atoms with Crippen LogP contribution in [0.3, 0.4) is 0 Å². The molecule has 6 N–H and O–H groups in total. The molecule has 2 heterocycles. The second kappa shape index (κ2) is 8.85. The summed E-state index contributed by atoms with van der Waals surface area (Å²) in [5.74, 6) is -0.769. The van der Waals surface area contributed by atoms with Crippen LogP contribution in [0.25, 0.3) is 11.1 Å². The molecule has 3 aliphatic rings. The predicted molar refractivity (Wildman–Crippen MR) is 120 cm³/mol. The third kappa shape index (κ3) is 3.76. The van der Waals surface area contributed by atoms with E-state index in [1.54, 1.807) is 12.1 Å². The largest absolute Gasteiger partial charge is 0.504 e. The number of fused-ring (bicyclic) bond motifs is 2. The maximum absolute atomic E-state index is 11.6. The Morgan fingerprint density at radius 1 is 1.03 bits per heavy atom. The first-order valence-electron chi connectivity index (χ1n) is 11.2. The van der Waals surface area contributed by atoms with E-state index in [2.05, 4.69) is 5.32 Å². The summed E-state index contributed by atoms with van der Waals surface area (Å²) in [5, 5.41) is 54.1. The van der Waals surface area contributed by atoms with Crippen LogP contribution in [0.2, 0.25) is 0 Å². The number of aliphatic carboxylic acids is 1. The minimum absolute atomic E-state index is 0.0106. The van der Waals surface area contributed by atoms with Crippen molar-refractivity contribution in [2.75, 3.05) is 20.8 Å². The van der Waals surface area contributed by atoms with Gasteiger partial charge in [-0.15, -0.1) is 0 Å². The molecule has 0 aromatic heterocycles. The number of phenolic OH excluding ortho intramolecular Hbond substituents is 1. The van der Waals surface area contributed by atoms with Gasteiger partial charge < -0.3 is 49.8 Å². The smallest absolute Gasteiger partial charge is 0.335 e. The number of hydrogen-bond donors (Lipinski definition) is 6. The summed E-state index contributed by atoms with van der Waals surface area (Å²) in [6.45, 7) is 0.743. The molecule has 11 nitrogen and oxygen atoms in total. The van der Waals surface area contributed by atoms with Crippen molar-refractivity contribution in [1.29, 1.82) is 0 Å². The number of carboxylic acids is 1. The number of ether oxygens (including phenoxy) is 4. The predicted octanol–water partition coefficient (Wildman–Crippen LogP) is 0.0903. The number of carboxylic acid groups (broad SMARTS) is 1. The van der Waals surface area contributed by atoms with Crippen LogP contribution in [0.1, 0.15) is 22.7 Å². The minimum atomic E-state index is -1.84. The molecule has 0 unspecified atom stereocenters. The molecule has 6 atom stereocenters. The average molecular weight is 489 g/mol. The molecule has 35 heavy (non-hydrogen) atoms. The van der Waals surface area contributed by atoms with Gasteiger partial charge in [-0.25, -0.2) is 4.79 Å². The van der Waals surface area contributed by atoms with Crippen molar-refractivity contribution in [3.63, 3.8) is 0 Å². The number of aliphatic hydroxyl groups is 3. The van der Waals surface area contributed by atoms with Gasteiger partial charge in [-0.3, -0.25) is 0 Å². The first kappa shape index (κ1) is 23.6. The Kier molecular flexibility index (Phi) is 5.98. The zero-order valence-corrected chi connectivity index (χ0v) is 19.1. The van der Waals surface area contributed by atoms with E-state index in [0.717, 1.165) is 29.7 Å². The van der Waals surface area contributed by atoms with E-state index >= 15 is 0 Å². The van der Waals surface area contributed by atoms with Gasteiger partial charge in [-0.05, 0) is 59.8 Å². The SMILES string of the molecule is COc1cc2c(cc1O)C[C@@H]1NCCc3cc(OC)c(O[C@H]4O[C@@H](C(=O)O)[C@@H](O)[C@@H](O)[C@@H]4O)c-2c31. The van der Waals surface area contributed by atoms with Gasteiger partial charge in [0.25, 0.3) is 0 Å². The third-order valence-corrected chi connectivity index (χ3v) is 6.87. The molecular formula is C24H27NO10. The number of carbonyl (C=O) groups is 1. The van der Waals surface area contributed by atoms with Crippen LogP contribution in [0.5, 0.6) is 23.0 Å². The van der Waals surface area contributed by atoms with Crippen LogP contribution in [-0.2, 0) is 22.4 Å². The summed E-state index contributed by atoms with van der Waals surface area (Å²) in [4.78, 5) is 11.6. The Hall–Kier alpha value is -3.09. The lowest BCUT2D eigenvalue weighted by Gasteiger charge is -2.40. The quantitative estimate of drug-likeness (QED) is 0.337. The van der Waals surface area contributed by atoms with Crippen molar-refractivity contribution in [3.8, 4) is 34.1 Å². The summed E-state index contributed by atoms with van der Waals surface area (Å²) in [5.41, 5.74) is 4.15. The fourth-order valence-electron chi connectivity index (χ4n) is 5.17. The molecule has 2 aliphatic heterocycles. The number of rotatable bonds is 5. The lowest BCUT2D eigenvalue weighted by Crippen LogP contribution is -2.61. The zero-order chi connectivity index (χ0) is 25.0. The highest BCUT2D eigenvalue weighted by atomic mass is 16.7. The van der Waals surface area contributed by atoms with Crippen molar-refractivity contribution >= 4 is 5.97 Å². The van der Waals surface area contributed by atoms with Gasteiger partial charge in [-0.1, -0.05) is 0 Å². The summed E-state index contributed by atoms with van der Waals surface area (Å²) in [6, 6.07) is 5.07. The minimum Gasteiger partial charge on any atom is -0.504 e. The van der Waals surface area contributed by atoms with Gasteiger partial charge in [0.1, 0.15) is 18.3 Å². The maximum Gasteiger partial charge on any atom is 0.335 e. The molecule has 2 aromatic carbocycles. The lowest BCUT2D eigenvalue weighted by atomic mass is 9.77. The molecule has 11 heteroatoms. The monoisotopic (exact) mass is 489 g/mol. The van der Waals surface area contributed by atoms with E-state index in [4.69, 9.17) is 18.9 Å². The summed E-state index contributed by atoms with van der Waals surface area (Å²) in [7, 11) is 2.90. The molecular weight excluding hydrogens is 462 g/mol. The first-order chi connectivity index (χ1) is 16.7. The fraction of sp³-hybridized carbons (Fsp3) is 0.458. The second-order valence-electron chi connectivity index (χ2n) is 8.85. The Bertz CT molecular complexity index is 1170. The molecule has 1 saturated heterocycles. The molecule has 1 aliphatic carbocycles. The number of phenols is 1. The summed E-state index contributed by atoms with van der Waals surface area (Å²) >= 11 is 0. The molecule has 5 rings (SSSR count). The highest BCUT2D eigenvalue weighted by Gasteiger charge is 2.49.